The molecule has 152 valence electrons. The molecule has 1 unspecified atom stereocenters. The number of ether oxygens (including phenoxy) is 1. The maximum atomic E-state index is 12.4. The van der Waals surface area contributed by atoms with Gasteiger partial charge in [0.05, 0.1) is 5.60 Å². The summed E-state index contributed by atoms with van der Waals surface area (Å²) in [5.74, 6) is 0. The standard InChI is InChI=1S/C23H24O5S/c1-23(2,3)28-22(24)18-14-19(16-10-6-4-7-11-16)21(29(25,26)27)20(15-18)17-12-8-5-9-13-17/h4-15,22,24H,1-3H3,(H,25,26,27). The van der Waals surface area contributed by atoms with Crippen LogP contribution in [-0.2, 0) is 14.9 Å². The summed E-state index contributed by atoms with van der Waals surface area (Å²) >= 11 is 0. The summed E-state index contributed by atoms with van der Waals surface area (Å²) in [6, 6.07) is 20.8. The molecule has 0 aliphatic heterocycles. The molecule has 0 spiro atoms. The number of rotatable bonds is 5. The third-order valence-corrected chi connectivity index (χ3v) is 5.24. The van der Waals surface area contributed by atoms with Gasteiger partial charge in [-0.05, 0) is 44.0 Å². The Morgan fingerprint density at radius 1 is 0.828 bits per heavy atom. The number of benzene rings is 3. The Morgan fingerprint density at radius 2 is 1.24 bits per heavy atom. The maximum Gasteiger partial charge on any atom is 0.295 e. The second-order valence-corrected chi connectivity index (χ2v) is 9.09. The van der Waals surface area contributed by atoms with Crippen LogP contribution in [0.3, 0.4) is 0 Å². The minimum absolute atomic E-state index is 0.207. The molecule has 0 bridgehead atoms. The summed E-state index contributed by atoms with van der Waals surface area (Å²) in [6.45, 7) is 5.46. The van der Waals surface area contributed by atoms with Crippen LogP contribution in [0.25, 0.3) is 22.3 Å². The Balaban J connectivity index is 2.35. The highest BCUT2D eigenvalue weighted by Gasteiger charge is 2.26. The zero-order valence-electron chi connectivity index (χ0n) is 16.5. The van der Waals surface area contributed by atoms with Crippen LogP contribution in [0.1, 0.15) is 32.6 Å². The van der Waals surface area contributed by atoms with Crippen molar-refractivity contribution in [1.29, 1.82) is 0 Å². The molecule has 0 heterocycles. The topological polar surface area (TPSA) is 83.8 Å². The van der Waals surface area contributed by atoms with Gasteiger partial charge in [-0.3, -0.25) is 4.55 Å². The van der Waals surface area contributed by atoms with Crippen molar-refractivity contribution < 1.29 is 22.8 Å². The first-order chi connectivity index (χ1) is 13.6. The second-order valence-electron chi connectivity index (χ2n) is 7.73. The van der Waals surface area contributed by atoms with E-state index in [1.807, 2.05) is 32.9 Å². The third kappa shape index (κ3) is 5.10. The largest absolute Gasteiger partial charge is 0.364 e. The van der Waals surface area contributed by atoms with Gasteiger partial charge in [0.2, 0.25) is 0 Å². The summed E-state index contributed by atoms with van der Waals surface area (Å²) in [7, 11) is -4.56. The molecule has 0 saturated carbocycles. The molecule has 5 nitrogen and oxygen atoms in total. The molecule has 0 radical (unpaired) electrons. The normalized spacial score (nSPS) is 13.3. The van der Waals surface area contributed by atoms with Gasteiger partial charge < -0.3 is 9.84 Å². The van der Waals surface area contributed by atoms with Crippen molar-refractivity contribution in [2.75, 3.05) is 0 Å². The average molecular weight is 413 g/mol. The fourth-order valence-corrected chi connectivity index (χ4v) is 4.05. The zero-order chi connectivity index (χ0) is 21.2. The van der Waals surface area contributed by atoms with E-state index < -0.39 is 22.0 Å². The van der Waals surface area contributed by atoms with E-state index in [9.17, 15) is 18.1 Å². The Bertz CT molecular complexity index is 1020. The molecule has 0 aromatic heterocycles. The van der Waals surface area contributed by atoms with Crippen molar-refractivity contribution in [1.82, 2.24) is 0 Å². The van der Waals surface area contributed by atoms with Crippen LogP contribution in [0.2, 0.25) is 0 Å². The number of aliphatic hydroxyl groups is 1. The molecular weight excluding hydrogens is 388 g/mol. The van der Waals surface area contributed by atoms with Crippen molar-refractivity contribution in [3.63, 3.8) is 0 Å². The van der Waals surface area contributed by atoms with Gasteiger partial charge in [0.15, 0.2) is 6.29 Å². The minimum Gasteiger partial charge on any atom is -0.364 e. The molecule has 3 rings (SSSR count). The average Bonchev–Trinajstić information content (AvgIpc) is 2.66. The predicted octanol–water partition coefficient (Wildman–Crippen LogP) is 5.07. The van der Waals surface area contributed by atoms with Gasteiger partial charge in [-0.15, -0.1) is 0 Å². The molecule has 29 heavy (non-hydrogen) atoms. The van der Waals surface area contributed by atoms with Crippen molar-refractivity contribution in [3.8, 4) is 22.3 Å². The molecule has 0 aliphatic rings. The van der Waals surface area contributed by atoms with Crippen LogP contribution < -0.4 is 0 Å². The summed E-state index contributed by atoms with van der Waals surface area (Å²) in [6.07, 6.45) is -1.27. The Morgan fingerprint density at radius 3 is 1.59 bits per heavy atom. The van der Waals surface area contributed by atoms with Gasteiger partial charge in [-0.1, -0.05) is 60.7 Å². The molecule has 3 aromatic carbocycles. The molecule has 6 heteroatoms. The van der Waals surface area contributed by atoms with Gasteiger partial charge >= 0.3 is 0 Å². The number of aliphatic hydroxyl groups excluding tert-OH is 1. The van der Waals surface area contributed by atoms with Gasteiger partial charge in [-0.2, -0.15) is 8.42 Å². The summed E-state index contributed by atoms with van der Waals surface area (Å²) < 4.78 is 40.5. The first kappa shape index (κ1) is 21.2. The molecule has 3 aromatic rings. The lowest BCUT2D eigenvalue weighted by Gasteiger charge is -2.25. The third-order valence-electron chi connectivity index (χ3n) is 4.29. The predicted molar refractivity (Wildman–Crippen MR) is 113 cm³/mol. The molecule has 2 N–H and O–H groups in total. The van der Waals surface area contributed by atoms with E-state index in [-0.39, 0.29) is 4.90 Å². The fraction of sp³-hybridized carbons (Fsp3) is 0.217. The molecule has 1 atom stereocenters. The quantitative estimate of drug-likeness (QED) is 0.451. The van der Waals surface area contributed by atoms with E-state index in [0.29, 0.717) is 27.8 Å². The number of hydrogen-bond donors (Lipinski definition) is 2. The van der Waals surface area contributed by atoms with E-state index >= 15 is 0 Å². The molecule has 0 amide bonds. The van der Waals surface area contributed by atoms with Crippen LogP contribution >= 0.6 is 0 Å². The van der Waals surface area contributed by atoms with Gasteiger partial charge in [0.25, 0.3) is 10.1 Å². The van der Waals surface area contributed by atoms with Crippen LogP contribution in [0, 0.1) is 0 Å². The van der Waals surface area contributed by atoms with Crippen LogP contribution in [0.4, 0.5) is 0 Å². The van der Waals surface area contributed by atoms with Gasteiger partial charge in [-0.25, -0.2) is 0 Å². The maximum absolute atomic E-state index is 12.4. The van der Waals surface area contributed by atoms with E-state index in [2.05, 4.69) is 0 Å². The Hall–Kier alpha value is -2.51. The first-order valence-electron chi connectivity index (χ1n) is 9.18. The van der Waals surface area contributed by atoms with E-state index in [1.54, 1.807) is 60.7 Å². The van der Waals surface area contributed by atoms with E-state index in [0.717, 1.165) is 0 Å². The van der Waals surface area contributed by atoms with Gasteiger partial charge in [0, 0.05) is 16.7 Å². The summed E-state index contributed by atoms with van der Waals surface area (Å²) in [5.41, 5.74) is 1.57. The van der Waals surface area contributed by atoms with Gasteiger partial charge in [0.1, 0.15) is 4.90 Å². The summed E-state index contributed by atoms with van der Waals surface area (Å²) in [4.78, 5) is -0.207. The van der Waals surface area contributed by atoms with Crippen molar-refractivity contribution >= 4 is 10.1 Å². The smallest absolute Gasteiger partial charge is 0.295 e. The Kier molecular flexibility index (Phi) is 5.91. The first-order valence-corrected chi connectivity index (χ1v) is 10.6. The lowest BCUT2D eigenvalue weighted by atomic mass is 9.95. The highest BCUT2D eigenvalue weighted by molar-refractivity contribution is 7.86. The number of hydrogen-bond acceptors (Lipinski definition) is 4. The lowest BCUT2D eigenvalue weighted by Crippen LogP contribution is -2.22. The summed E-state index contributed by atoms with van der Waals surface area (Å²) in [5, 5.41) is 10.7. The van der Waals surface area contributed by atoms with E-state index in [4.69, 9.17) is 4.74 Å². The second kappa shape index (κ2) is 8.08. The highest BCUT2D eigenvalue weighted by Crippen LogP contribution is 2.39. The SMILES string of the molecule is CC(C)(C)OC(O)c1cc(-c2ccccc2)c(S(=O)(=O)O)c(-c2ccccc2)c1. The Labute approximate surface area is 171 Å². The van der Waals surface area contributed by atoms with Crippen LogP contribution in [0.15, 0.2) is 77.7 Å². The lowest BCUT2D eigenvalue weighted by molar-refractivity contribution is -0.169. The van der Waals surface area contributed by atoms with Crippen LogP contribution in [-0.4, -0.2) is 23.7 Å². The molecule has 0 fully saturated rings. The molecular formula is C23H24O5S. The molecule has 0 aliphatic carbocycles. The van der Waals surface area contributed by atoms with E-state index in [1.165, 1.54) is 0 Å². The fourth-order valence-electron chi connectivity index (χ4n) is 3.14. The highest BCUT2D eigenvalue weighted by atomic mass is 32.2. The van der Waals surface area contributed by atoms with Crippen molar-refractivity contribution in [2.45, 2.75) is 37.6 Å². The minimum atomic E-state index is -4.56. The molecule has 0 saturated heterocycles. The zero-order valence-corrected chi connectivity index (χ0v) is 17.3. The van der Waals surface area contributed by atoms with Crippen molar-refractivity contribution in [2.24, 2.45) is 0 Å². The van der Waals surface area contributed by atoms with Crippen LogP contribution in [0.5, 0.6) is 0 Å². The van der Waals surface area contributed by atoms with Crippen molar-refractivity contribution in [3.05, 3.63) is 78.4 Å². The monoisotopic (exact) mass is 412 g/mol.